The van der Waals surface area contributed by atoms with Gasteiger partial charge in [0.1, 0.15) is 5.82 Å². The van der Waals surface area contributed by atoms with Gasteiger partial charge >= 0.3 is 6.03 Å². The molecule has 0 bridgehead atoms. The molecule has 1 aromatic rings. The molecule has 0 unspecified atom stereocenters. The van der Waals surface area contributed by atoms with Crippen molar-refractivity contribution in [1.82, 2.24) is 10.2 Å². The van der Waals surface area contributed by atoms with Gasteiger partial charge in [-0.15, -0.1) is 0 Å². The van der Waals surface area contributed by atoms with Gasteiger partial charge in [0.2, 0.25) is 0 Å². The lowest BCUT2D eigenvalue weighted by Gasteiger charge is -2.33. The summed E-state index contributed by atoms with van der Waals surface area (Å²) < 4.78 is 14.2. The number of nitrogens with zero attached hydrogens (tertiary/aromatic N) is 1. The van der Waals surface area contributed by atoms with Crippen molar-refractivity contribution in [1.29, 1.82) is 0 Å². The maximum Gasteiger partial charge on any atom is 0.317 e. The Morgan fingerprint density at radius 2 is 2.09 bits per heavy atom. The maximum atomic E-state index is 14.2. The topological polar surface area (TPSA) is 52.6 Å². The van der Waals surface area contributed by atoms with Crippen LogP contribution in [0.5, 0.6) is 0 Å². The smallest absolute Gasteiger partial charge is 0.317 e. The van der Waals surface area contributed by atoms with E-state index in [0.717, 1.165) is 12.8 Å². The number of carbonyl (C=O) groups excluding carboxylic acids is 1. The first-order valence-electron chi connectivity index (χ1n) is 8.03. The van der Waals surface area contributed by atoms with Crippen LogP contribution in [-0.2, 0) is 0 Å². The van der Waals surface area contributed by atoms with Crippen molar-refractivity contribution in [3.8, 4) is 0 Å². The molecule has 1 aromatic carbocycles. The highest BCUT2D eigenvalue weighted by Gasteiger charge is 2.27. The van der Waals surface area contributed by atoms with E-state index in [1.54, 1.807) is 17.0 Å². The number of piperidine rings is 1. The predicted octanol–water partition coefficient (Wildman–Crippen LogP) is 3.59. The van der Waals surface area contributed by atoms with Gasteiger partial charge in [-0.3, -0.25) is 0 Å². The Balaban J connectivity index is 2.06. The summed E-state index contributed by atoms with van der Waals surface area (Å²) in [6, 6.07) is 3.93. The largest absolute Gasteiger partial charge is 0.396 e. The Kier molecular flexibility index (Phi) is 6.25. The summed E-state index contributed by atoms with van der Waals surface area (Å²) in [7, 11) is 0. The van der Waals surface area contributed by atoms with Crippen molar-refractivity contribution in [2.45, 2.75) is 32.7 Å². The summed E-state index contributed by atoms with van der Waals surface area (Å²) in [5.41, 5.74) is 0.447. The third kappa shape index (κ3) is 4.58. The molecule has 2 rings (SSSR count). The van der Waals surface area contributed by atoms with Crippen LogP contribution in [0.3, 0.4) is 0 Å². The second kappa shape index (κ2) is 7.97. The van der Waals surface area contributed by atoms with Crippen LogP contribution in [-0.4, -0.2) is 35.7 Å². The van der Waals surface area contributed by atoms with E-state index in [2.05, 4.69) is 5.32 Å². The molecular formula is C17H24ClFN2O2. The summed E-state index contributed by atoms with van der Waals surface area (Å²) in [6.07, 6.45) is 1.59. The first-order chi connectivity index (χ1) is 10.9. The van der Waals surface area contributed by atoms with E-state index >= 15 is 0 Å². The van der Waals surface area contributed by atoms with Crippen molar-refractivity contribution >= 4 is 17.6 Å². The Bertz CT molecular complexity index is 545. The highest BCUT2D eigenvalue weighted by atomic mass is 35.5. The Hall–Kier alpha value is -1.33. The van der Waals surface area contributed by atoms with Gasteiger partial charge in [-0.2, -0.15) is 0 Å². The summed E-state index contributed by atoms with van der Waals surface area (Å²) in [5, 5.41) is 12.4. The molecule has 6 heteroatoms. The van der Waals surface area contributed by atoms with Crippen molar-refractivity contribution in [3.05, 3.63) is 34.6 Å². The molecule has 0 radical (unpaired) electrons. The minimum Gasteiger partial charge on any atom is -0.396 e. The number of likely N-dealkylation sites (tertiary alicyclic amines) is 1. The third-order valence-corrected chi connectivity index (χ3v) is 4.64. The summed E-state index contributed by atoms with van der Waals surface area (Å²) in [4.78, 5) is 14.2. The maximum absolute atomic E-state index is 14.2. The number of amides is 2. The normalized spacial score (nSPS) is 17.4. The van der Waals surface area contributed by atoms with Crippen LogP contribution in [0.15, 0.2) is 18.2 Å². The van der Waals surface area contributed by atoms with Gasteiger partial charge in [-0.05, 0) is 36.8 Å². The molecule has 128 valence electrons. The Labute approximate surface area is 141 Å². The van der Waals surface area contributed by atoms with Crippen LogP contribution in [0.4, 0.5) is 9.18 Å². The van der Waals surface area contributed by atoms with Gasteiger partial charge in [0, 0.05) is 30.3 Å². The predicted molar refractivity (Wildman–Crippen MR) is 88.9 cm³/mol. The van der Waals surface area contributed by atoms with Gasteiger partial charge in [-0.1, -0.05) is 31.5 Å². The van der Waals surface area contributed by atoms with E-state index < -0.39 is 11.9 Å². The molecule has 0 aliphatic carbocycles. The number of hydrogen-bond donors (Lipinski definition) is 2. The lowest BCUT2D eigenvalue weighted by molar-refractivity contribution is 0.134. The number of hydrogen-bond acceptors (Lipinski definition) is 2. The molecule has 2 amide bonds. The third-order valence-electron chi connectivity index (χ3n) is 4.40. The zero-order valence-electron chi connectivity index (χ0n) is 13.6. The Morgan fingerprint density at radius 3 is 2.61 bits per heavy atom. The standard InChI is InChI=1S/C17H24ClFN2O2/c1-11(2)16(14-4-3-13(18)9-15(14)19)20-17(23)21-7-5-12(10-22)6-8-21/h3-4,9,11-12,16,22H,5-8,10H2,1-2H3,(H,20,23)/t16-/m1/s1. The first-order valence-corrected chi connectivity index (χ1v) is 8.41. The molecule has 1 aliphatic heterocycles. The SMILES string of the molecule is CC(C)[C@@H](NC(=O)N1CCC(CO)CC1)c1ccc(Cl)cc1F. The molecule has 1 atom stereocenters. The number of rotatable bonds is 4. The minimum atomic E-state index is -0.407. The summed E-state index contributed by atoms with van der Waals surface area (Å²) >= 11 is 5.80. The molecule has 1 saturated heterocycles. The summed E-state index contributed by atoms with van der Waals surface area (Å²) in [6.45, 7) is 5.28. The Morgan fingerprint density at radius 1 is 1.43 bits per heavy atom. The van der Waals surface area contributed by atoms with Gasteiger partial charge in [-0.25, -0.2) is 9.18 Å². The highest BCUT2D eigenvalue weighted by molar-refractivity contribution is 6.30. The number of urea groups is 1. The van der Waals surface area contributed by atoms with Crippen molar-refractivity contribution < 1.29 is 14.3 Å². The van der Waals surface area contributed by atoms with Crippen LogP contribution in [0, 0.1) is 17.7 Å². The van der Waals surface area contributed by atoms with Gasteiger partial charge in [0.15, 0.2) is 0 Å². The minimum absolute atomic E-state index is 0.0459. The molecule has 1 heterocycles. The number of nitrogens with one attached hydrogen (secondary N) is 1. The zero-order valence-corrected chi connectivity index (χ0v) is 14.3. The van der Waals surface area contributed by atoms with E-state index in [1.165, 1.54) is 6.07 Å². The first kappa shape index (κ1) is 18.0. The fourth-order valence-electron chi connectivity index (χ4n) is 2.90. The second-order valence-electron chi connectivity index (χ2n) is 6.45. The van der Waals surface area contributed by atoms with Crippen molar-refractivity contribution in [3.63, 3.8) is 0 Å². The number of aliphatic hydroxyl groups excluding tert-OH is 1. The van der Waals surface area contributed by atoms with Crippen molar-refractivity contribution in [2.75, 3.05) is 19.7 Å². The number of carbonyl (C=O) groups is 1. The van der Waals surface area contributed by atoms with Crippen LogP contribution in [0.25, 0.3) is 0 Å². The number of benzene rings is 1. The van der Waals surface area contributed by atoms with Crippen LogP contribution in [0.1, 0.15) is 38.3 Å². The molecule has 0 spiro atoms. The highest BCUT2D eigenvalue weighted by Crippen LogP contribution is 2.27. The fourth-order valence-corrected chi connectivity index (χ4v) is 3.06. The van der Waals surface area contributed by atoms with Crippen molar-refractivity contribution in [2.24, 2.45) is 11.8 Å². The quantitative estimate of drug-likeness (QED) is 0.878. The van der Waals surface area contributed by atoms with Crippen LogP contribution >= 0.6 is 11.6 Å². The fraction of sp³-hybridized carbons (Fsp3) is 0.588. The monoisotopic (exact) mass is 342 g/mol. The molecule has 23 heavy (non-hydrogen) atoms. The van der Waals surface area contributed by atoms with Gasteiger partial charge < -0.3 is 15.3 Å². The molecular weight excluding hydrogens is 319 g/mol. The lowest BCUT2D eigenvalue weighted by atomic mass is 9.95. The van der Waals surface area contributed by atoms with Crippen LogP contribution in [0.2, 0.25) is 5.02 Å². The number of aliphatic hydroxyl groups is 1. The molecule has 1 aliphatic rings. The summed E-state index contributed by atoms with van der Waals surface area (Å²) in [5.74, 6) is -0.0891. The van der Waals surface area contributed by atoms with E-state index in [-0.39, 0.29) is 24.5 Å². The average molecular weight is 343 g/mol. The average Bonchev–Trinajstić information content (AvgIpc) is 2.53. The van der Waals surface area contributed by atoms with Crippen LogP contribution < -0.4 is 5.32 Å². The molecule has 4 nitrogen and oxygen atoms in total. The van der Waals surface area contributed by atoms with E-state index in [0.29, 0.717) is 23.7 Å². The number of halogens is 2. The molecule has 0 aromatic heterocycles. The van der Waals surface area contributed by atoms with E-state index in [1.807, 2.05) is 13.8 Å². The van der Waals surface area contributed by atoms with E-state index in [9.17, 15) is 9.18 Å². The molecule has 0 saturated carbocycles. The van der Waals surface area contributed by atoms with Gasteiger partial charge in [0.05, 0.1) is 6.04 Å². The molecule has 2 N–H and O–H groups in total. The lowest BCUT2D eigenvalue weighted by Crippen LogP contribution is -2.46. The van der Waals surface area contributed by atoms with Gasteiger partial charge in [0.25, 0.3) is 0 Å². The van der Waals surface area contributed by atoms with E-state index in [4.69, 9.17) is 16.7 Å². The zero-order chi connectivity index (χ0) is 17.0. The second-order valence-corrected chi connectivity index (χ2v) is 6.89. The molecule has 1 fully saturated rings.